The highest BCUT2D eigenvalue weighted by Crippen LogP contribution is 2.22. The Kier molecular flexibility index (Phi) is 5.36. The lowest BCUT2D eigenvalue weighted by molar-refractivity contribution is -0.547. The van der Waals surface area contributed by atoms with Gasteiger partial charge in [0.2, 0.25) is 0 Å². The maximum Gasteiger partial charge on any atom is 0.334 e. The van der Waals surface area contributed by atoms with Crippen molar-refractivity contribution in [3.8, 4) is 0 Å². The number of carbonyl (C=O) groups excluding carboxylic acids is 3. The van der Waals surface area contributed by atoms with Crippen molar-refractivity contribution in [3.05, 3.63) is 71.8 Å². The zero-order chi connectivity index (χ0) is 21.1. The Morgan fingerprint density at radius 2 is 1.63 bits per heavy atom. The van der Waals surface area contributed by atoms with Crippen molar-refractivity contribution in [1.29, 1.82) is 0 Å². The molecule has 4 rings (SSSR count). The van der Waals surface area contributed by atoms with Gasteiger partial charge in [-0.3, -0.25) is 24.8 Å². The number of fused-ring (bicyclic) bond motifs is 1. The minimum Gasteiger partial charge on any atom is -0.293 e. The third-order valence-electron chi connectivity index (χ3n) is 5.01. The minimum absolute atomic E-state index is 0.232. The lowest BCUT2D eigenvalue weighted by atomic mass is 10.1. The number of hydrogen-bond donors (Lipinski definition) is 2. The number of benzene rings is 2. The third-order valence-corrected chi connectivity index (χ3v) is 5.01. The Morgan fingerprint density at radius 3 is 2.27 bits per heavy atom. The van der Waals surface area contributed by atoms with E-state index < -0.39 is 30.4 Å². The number of imide groups is 1. The molecule has 0 spiro atoms. The molecule has 1 unspecified atom stereocenters. The van der Waals surface area contributed by atoms with Crippen molar-refractivity contribution >= 4 is 30.0 Å². The summed E-state index contributed by atoms with van der Waals surface area (Å²) in [5.74, 6) is 4.39. The molecule has 2 aliphatic heterocycles. The number of hydrazine groups is 1. The van der Waals surface area contributed by atoms with Crippen molar-refractivity contribution in [2.75, 3.05) is 6.54 Å². The molecule has 0 radical (unpaired) electrons. The second kappa shape index (κ2) is 8.26. The number of amides is 4. The van der Waals surface area contributed by atoms with Crippen molar-refractivity contribution < 1.29 is 19.0 Å². The molecule has 1 fully saturated rings. The molecule has 0 bridgehead atoms. The van der Waals surface area contributed by atoms with E-state index in [1.165, 1.54) is 4.90 Å². The van der Waals surface area contributed by atoms with Gasteiger partial charge in [0, 0.05) is 0 Å². The molecule has 2 aliphatic rings. The van der Waals surface area contributed by atoms with Crippen LogP contribution < -0.4 is 11.3 Å². The molecule has 2 aromatic rings. The van der Waals surface area contributed by atoms with Crippen molar-refractivity contribution in [2.45, 2.75) is 19.1 Å². The maximum absolute atomic E-state index is 13.2. The van der Waals surface area contributed by atoms with Gasteiger partial charge in [-0.15, -0.1) is 0 Å². The number of rotatable bonds is 6. The molecule has 1 saturated heterocycles. The second-order valence-corrected chi connectivity index (χ2v) is 7.01. The number of aliphatic imine (C=N–C) groups is 1. The van der Waals surface area contributed by atoms with Crippen molar-refractivity contribution in [3.63, 3.8) is 0 Å². The van der Waals surface area contributed by atoms with Crippen LogP contribution in [0.15, 0.2) is 65.7 Å². The number of amidine groups is 1. The summed E-state index contributed by atoms with van der Waals surface area (Å²) in [6.45, 7) is 0.215. The highest BCUT2D eigenvalue weighted by atomic mass is 16.2. The summed E-state index contributed by atoms with van der Waals surface area (Å²) in [4.78, 5) is 44.9. The van der Waals surface area contributed by atoms with Gasteiger partial charge in [-0.25, -0.2) is 15.2 Å². The fraction of sp³-hybridized carbons (Fsp3) is 0.190. The van der Waals surface area contributed by atoms with E-state index in [9.17, 15) is 14.4 Å². The number of urea groups is 1. The van der Waals surface area contributed by atoms with Crippen LogP contribution in [0.4, 0.5) is 4.79 Å². The number of carbonyl (C=O) groups is 3. The largest absolute Gasteiger partial charge is 0.334 e. The molecule has 0 saturated carbocycles. The first kappa shape index (κ1) is 19.5. The summed E-state index contributed by atoms with van der Waals surface area (Å²) in [6.07, 6.45) is 1.57. The third kappa shape index (κ3) is 3.70. The Labute approximate surface area is 173 Å². The fourth-order valence-corrected chi connectivity index (χ4v) is 3.55. The average molecular weight is 405 g/mol. The zero-order valence-electron chi connectivity index (χ0n) is 16.1. The molecule has 9 nitrogen and oxygen atoms in total. The van der Waals surface area contributed by atoms with E-state index in [-0.39, 0.29) is 6.54 Å². The van der Waals surface area contributed by atoms with Crippen molar-refractivity contribution in [2.24, 2.45) is 10.8 Å². The van der Waals surface area contributed by atoms with Crippen LogP contribution in [-0.2, 0) is 22.7 Å². The highest BCUT2D eigenvalue weighted by molar-refractivity contribution is 6.22. The predicted molar refractivity (Wildman–Crippen MR) is 109 cm³/mol. The summed E-state index contributed by atoms with van der Waals surface area (Å²) in [5.41, 5.74) is 3.85. The van der Waals surface area contributed by atoms with Gasteiger partial charge in [0.15, 0.2) is 0 Å². The van der Waals surface area contributed by atoms with Crippen LogP contribution >= 0.6 is 0 Å². The minimum atomic E-state index is -0.794. The van der Waals surface area contributed by atoms with Crippen LogP contribution in [0.3, 0.4) is 0 Å². The standard InChI is InChI=1S/C21H20N6O3/c22-24-17(28)13-27-20(29)18-19(23-14-25(18)11-15-7-3-1-4-8-15)26(21(27)30)12-16-9-5-2-6-10-16/h1-10,14,18H,11-13,22H2/p+1. The SMILES string of the molecule is NNC(=O)CN1C(=O)C2C(=NC=[N+]2Cc2ccccc2)N(Cc2ccccc2)C1=O. The predicted octanol–water partition coefficient (Wildman–Crippen LogP) is 0.462. The van der Waals surface area contributed by atoms with Gasteiger partial charge in [0.1, 0.15) is 13.1 Å². The highest BCUT2D eigenvalue weighted by Gasteiger charge is 2.53. The molecule has 0 aromatic heterocycles. The smallest absolute Gasteiger partial charge is 0.293 e. The monoisotopic (exact) mass is 405 g/mol. The summed E-state index contributed by atoms with van der Waals surface area (Å²) < 4.78 is 1.77. The van der Waals surface area contributed by atoms with Crippen LogP contribution in [0.25, 0.3) is 0 Å². The fourth-order valence-electron chi connectivity index (χ4n) is 3.55. The van der Waals surface area contributed by atoms with Gasteiger partial charge in [0.05, 0.1) is 6.54 Å². The first-order valence-corrected chi connectivity index (χ1v) is 9.45. The molecule has 30 heavy (non-hydrogen) atoms. The molecular weight excluding hydrogens is 384 g/mol. The summed E-state index contributed by atoms with van der Waals surface area (Å²) in [6, 6.07) is 17.6. The summed E-state index contributed by atoms with van der Waals surface area (Å²) in [5, 5.41) is 0. The second-order valence-electron chi connectivity index (χ2n) is 7.01. The first-order chi connectivity index (χ1) is 14.6. The van der Waals surface area contributed by atoms with Gasteiger partial charge in [-0.1, -0.05) is 60.7 Å². The molecule has 2 heterocycles. The van der Waals surface area contributed by atoms with Gasteiger partial charge in [0.25, 0.3) is 30.0 Å². The zero-order valence-corrected chi connectivity index (χ0v) is 16.1. The van der Waals surface area contributed by atoms with Gasteiger partial charge < -0.3 is 0 Å². The molecule has 4 amide bonds. The summed E-state index contributed by atoms with van der Waals surface area (Å²) in [7, 11) is 0. The van der Waals surface area contributed by atoms with Gasteiger partial charge in [-0.2, -0.15) is 0 Å². The van der Waals surface area contributed by atoms with E-state index in [0.717, 1.165) is 16.0 Å². The van der Waals surface area contributed by atoms with Crippen LogP contribution in [-0.4, -0.2) is 57.0 Å². The van der Waals surface area contributed by atoms with Crippen LogP contribution in [0.2, 0.25) is 0 Å². The number of nitrogens with zero attached hydrogens (tertiary/aromatic N) is 4. The number of hydrogen-bond acceptors (Lipinski definition) is 5. The summed E-state index contributed by atoms with van der Waals surface area (Å²) >= 11 is 0. The Hall–Kier alpha value is -3.85. The Bertz CT molecular complexity index is 1040. The quantitative estimate of drug-likeness (QED) is 0.315. The number of nitrogens with one attached hydrogen (secondary N) is 1. The molecule has 152 valence electrons. The topological polar surface area (TPSA) is 111 Å². The molecule has 9 heteroatoms. The Morgan fingerprint density at radius 1 is 1.00 bits per heavy atom. The normalized spacial score (nSPS) is 18.1. The lowest BCUT2D eigenvalue weighted by Crippen LogP contribution is -2.64. The van der Waals surface area contributed by atoms with E-state index in [0.29, 0.717) is 12.4 Å². The van der Waals surface area contributed by atoms with Crippen LogP contribution in [0, 0.1) is 0 Å². The maximum atomic E-state index is 13.2. The number of nitrogens with two attached hydrogens (primary N) is 1. The van der Waals surface area contributed by atoms with E-state index in [1.807, 2.05) is 66.1 Å². The molecule has 2 aromatic carbocycles. The van der Waals surface area contributed by atoms with E-state index in [2.05, 4.69) is 4.99 Å². The Balaban J connectivity index is 1.65. The van der Waals surface area contributed by atoms with Crippen LogP contribution in [0.5, 0.6) is 0 Å². The van der Waals surface area contributed by atoms with Crippen molar-refractivity contribution in [1.82, 2.24) is 15.2 Å². The lowest BCUT2D eigenvalue weighted by Gasteiger charge is -2.34. The van der Waals surface area contributed by atoms with Gasteiger partial charge >= 0.3 is 6.03 Å². The average Bonchev–Trinajstić information content (AvgIpc) is 3.19. The first-order valence-electron chi connectivity index (χ1n) is 9.45. The molecular formula is C21H21N6O3+. The van der Waals surface area contributed by atoms with E-state index in [4.69, 9.17) is 5.84 Å². The van der Waals surface area contributed by atoms with E-state index in [1.54, 1.807) is 10.9 Å². The molecule has 1 atom stereocenters. The molecule has 0 aliphatic carbocycles. The molecule has 3 N–H and O–H groups in total. The van der Waals surface area contributed by atoms with E-state index >= 15 is 0 Å². The van der Waals surface area contributed by atoms with Gasteiger partial charge in [-0.05, 0) is 16.1 Å². The van der Waals surface area contributed by atoms with Crippen LogP contribution in [0.1, 0.15) is 11.1 Å².